The quantitative estimate of drug-likeness (QED) is 0.887. The van der Waals surface area contributed by atoms with Crippen molar-refractivity contribution in [3.05, 3.63) is 5.69 Å². The topological polar surface area (TPSA) is 50.3 Å². The van der Waals surface area contributed by atoms with Crippen LogP contribution in [-0.4, -0.2) is 46.9 Å². The lowest BCUT2D eigenvalue weighted by Crippen LogP contribution is -2.58. The molecule has 2 N–H and O–H groups in total. The Morgan fingerprint density at radius 3 is 2.42 bits per heavy atom. The van der Waals surface area contributed by atoms with Crippen molar-refractivity contribution in [2.45, 2.75) is 46.2 Å². The molecular weight excluding hydrogens is 238 g/mol. The largest absolute Gasteiger partial charge is 0.394 e. The Bertz CT molecular complexity index is 461. The van der Waals surface area contributed by atoms with Crippen molar-refractivity contribution < 1.29 is 0 Å². The molecular formula is C14H27N5. The maximum absolute atomic E-state index is 6.26. The highest BCUT2D eigenvalue weighted by Crippen LogP contribution is 2.32. The summed E-state index contributed by atoms with van der Waals surface area (Å²) in [5.74, 6) is 1.09. The molecule has 1 saturated heterocycles. The van der Waals surface area contributed by atoms with Crippen LogP contribution < -0.4 is 10.6 Å². The number of nitrogens with two attached hydrogens (primary N) is 1. The van der Waals surface area contributed by atoms with Crippen molar-refractivity contribution in [2.75, 3.05) is 37.3 Å². The van der Waals surface area contributed by atoms with Crippen molar-refractivity contribution in [3.63, 3.8) is 0 Å². The molecule has 0 aromatic carbocycles. The van der Waals surface area contributed by atoms with Gasteiger partial charge >= 0.3 is 0 Å². The van der Waals surface area contributed by atoms with Gasteiger partial charge in [0.2, 0.25) is 0 Å². The Hall–Kier alpha value is -1.23. The van der Waals surface area contributed by atoms with Gasteiger partial charge in [-0.3, -0.25) is 4.90 Å². The lowest BCUT2D eigenvalue weighted by atomic mass is 9.99. The minimum absolute atomic E-state index is 0.157. The molecule has 0 atom stereocenters. The van der Waals surface area contributed by atoms with Gasteiger partial charge in [-0.15, -0.1) is 0 Å². The number of piperazine rings is 1. The molecule has 0 unspecified atom stereocenters. The standard InChI is InChI=1S/C14H27N5/c1-10(2)19-13(12(15)11(3)16-19)18-8-7-17(6)14(4,5)9-18/h10H,7-9,15H2,1-6H3. The van der Waals surface area contributed by atoms with Crippen LogP contribution in [0.25, 0.3) is 0 Å². The zero-order valence-corrected chi connectivity index (χ0v) is 13.1. The summed E-state index contributed by atoms with van der Waals surface area (Å²) in [4.78, 5) is 4.79. The SMILES string of the molecule is Cc1nn(C(C)C)c(N2CCN(C)C(C)(C)C2)c1N. The fourth-order valence-corrected chi connectivity index (χ4v) is 2.64. The second-order valence-corrected chi connectivity index (χ2v) is 6.52. The highest BCUT2D eigenvalue weighted by atomic mass is 15.4. The number of rotatable bonds is 2. The highest BCUT2D eigenvalue weighted by Gasteiger charge is 2.33. The number of hydrogen-bond donors (Lipinski definition) is 1. The molecule has 1 aromatic rings. The van der Waals surface area contributed by atoms with E-state index >= 15 is 0 Å². The first-order valence-corrected chi connectivity index (χ1v) is 7.05. The second-order valence-electron chi connectivity index (χ2n) is 6.52. The molecule has 0 aliphatic carbocycles. The monoisotopic (exact) mass is 265 g/mol. The van der Waals surface area contributed by atoms with Gasteiger partial charge < -0.3 is 10.6 Å². The van der Waals surface area contributed by atoms with E-state index < -0.39 is 0 Å². The average molecular weight is 265 g/mol. The van der Waals surface area contributed by atoms with E-state index in [-0.39, 0.29) is 5.54 Å². The molecule has 5 heteroatoms. The predicted molar refractivity (Wildman–Crippen MR) is 80.7 cm³/mol. The van der Waals surface area contributed by atoms with Gasteiger partial charge in [0.05, 0.1) is 11.4 Å². The van der Waals surface area contributed by atoms with Crippen LogP contribution in [0, 0.1) is 6.92 Å². The van der Waals surface area contributed by atoms with Gasteiger partial charge in [-0.1, -0.05) is 0 Å². The molecule has 108 valence electrons. The van der Waals surface area contributed by atoms with E-state index in [9.17, 15) is 0 Å². The van der Waals surface area contributed by atoms with Crippen molar-refractivity contribution in [3.8, 4) is 0 Å². The number of likely N-dealkylation sites (N-methyl/N-ethyl adjacent to an activating group) is 1. The molecule has 1 aliphatic heterocycles. The molecule has 0 saturated carbocycles. The number of anilines is 2. The van der Waals surface area contributed by atoms with Crippen LogP contribution in [-0.2, 0) is 0 Å². The van der Waals surface area contributed by atoms with Crippen LogP contribution in [0.4, 0.5) is 11.5 Å². The van der Waals surface area contributed by atoms with Crippen molar-refractivity contribution in [1.29, 1.82) is 0 Å². The average Bonchev–Trinajstić information content (AvgIpc) is 2.60. The summed E-state index contributed by atoms with van der Waals surface area (Å²) in [5.41, 5.74) is 8.17. The summed E-state index contributed by atoms with van der Waals surface area (Å²) >= 11 is 0. The Morgan fingerprint density at radius 1 is 1.26 bits per heavy atom. The van der Waals surface area contributed by atoms with E-state index in [1.165, 1.54) is 0 Å². The molecule has 1 aromatic heterocycles. The predicted octanol–water partition coefficient (Wildman–Crippen LogP) is 1.89. The van der Waals surface area contributed by atoms with E-state index in [1.807, 2.05) is 6.92 Å². The molecule has 0 amide bonds. The minimum Gasteiger partial charge on any atom is -0.394 e. The van der Waals surface area contributed by atoms with Crippen LogP contribution in [0.1, 0.15) is 39.4 Å². The zero-order valence-electron chi connectivity index (χ0n) is 13.1. The zero-order chi connectivity index (χ0) is 14.4. The van der Waals surface area contributed by atoms with Gasteiger partial charge in [-0.25, -0.2) is 4.68 Å². The van der Waals surface area contributed by atoms with Gasteiger partial charge in [-0.2, -0.15) is 5.10 Å². The number of nitrogen functional groups attached to an aromatic ring is 1. The molecule has 2 heterocycles. The summed E-state index contributed by atoms with van der Waals surface area (Å²) in [5, 5.41) is 4.59. The lowest BCUT2D eigenvalue weighted by Gasteiger charge is -2.46. The maximum atomic E-state index is 6.26. The summed E-state index contributed by atoms with van der Waals surface area (Å²) in [6, 6.07) is 0.328. The third kappa shape index (κ3) is 2.43. The number of nitrogens with zero attached hydrogens (tertiary/aromatic N) is 4. The van der Waals surface area contributed by atoms with Crippen LogP contribution in [0.3, 0.4) is 0 Å². The summed E-state index contributed by atoms with van der Waals surface area (Å²) < 4.78 is 2.06. The second kappa shape index (κ2) is 4.71. The van der Waals surface area contributed by atoms with E-state index in [0.717, 1.165) is 36.8 Å². The number of hydrogen-bond acceptors (Lipinski definition) is 4. The van der Waals surface area contributed by atoms with Gasteiger partial charge in [0.1, 0.15) is 0 Å². The molecule has 2 rings (SSSR count). The first-order chi connectivity index (χ1) is 8.74. The Morgan fingerprint density at radius 2 is 1.89 bits per heavy atom. The highest BCUT2D eigenvalue weighted by molar-refractivity contribution is 5.66. The van der Waals surface area contributed by atoms with Crippen molar-refractivity contribution in [2.24, 2.45) is 0 Å². The lowest BCUT2D eigenvalue weighted by molar-refractivity contribution is 0.138. The Balaban J connectivity index is 2.37. The Labute approximate surface area is 116 Å². The third-order valence-electron chi connectivity index (χ3n) is 4.21. The van der Waals surface area contributed by atoms with Gasteiger partial charge in [0.25, 0.3) is 0 Å². The van der Waals surface area contributed by atoms with Gasteiger partial charge in [0, 0.05) is 31.2 Å². The van der Waals surface area contributed by atoms with Crippen LogP contribution in [0.15, 0.2) is 0 Å². The summed E-state index contributed by atoms with van der Waals surface area (Å²) in [7, 11) is 2.19. The summed E-state index contributed by atoms with van der Waals surface area (Å²) in [6.07, 6.45) is 0. The molecule has 5 nitrogen and oxygen atoms in total. The molecule has 0 radical (unpaired) electrons. The van der Waals surface area contributed by atoms with Crippen LogP contribution >= 0.6 is 0 Å². The first-order valence-electron chi connectivity index (χ1n) is 7.05. The van der Waals surface area contributed by atoms with E-state index in [2.05, 4.69) is 54.3 Å². The number of aryl methyl sites for hydroxylation is 1. The maximum Gasteiger partial charge on any atom is 0.151 e. The van der Waals surface area contributed by atoms with E-state index in [0.29, 0.717) is 6.04 Å². The number of aromatic nitrogens is 2. The van der Waals surface area contributed by atoms with Crippen LogP contribution in [0.2, 0.25) is 0 Å². The van der Waals surface area contributed by atoms with E-state index in [4.69, 9.17) is 5.73 Å². The van der Waals surface area contributed by atoms with Crippen molar-refractivity contribution >= 4 is 11.5 Å². The third-order valence-corrected chi connectivity index (χ3v) is 4.21. The molecule has 0 spiro atoms. The molecule has 19 heavy (non-hydrogen) atoms. The van der Waals surface area contributed by atoms with Gasteiger partial charge in [0.15, 0.2) is 5.82 Å². The normalized spacial score (nSPS) is 20.3. The Kier molecular flexibility index (Phi) is 3.51. The minimum atomic E-state index is 0.157. The fraction of sp³-hybridized carbons (Fsp3) is 0.786. The smallest absolute Gasteiger partial charge is 0.151 e. The van der Waals surface area contributed by atoms with E-state index in [1.54, 1.807) is 0 Å². The molecule has 1 aliphatic rings. The fourth-order valence-electron chi connectivity index (χ4n) is 2.64. The molecule has 1 fully saturated rings. The van der Waals surface area contributed by atoms with Crippen LogP contribution in [0.5, 0.6) is 0 Å². The summed E-state index contributed by atoms with van der Waals surface area (Å²) in [6.45, 7) is 13.9. The first kappa shape index (κ1) is 14.2. The van der Waals surface area contributed by atoms with Gasteiger partial charge in [-0.05, 0) is 41.7 Å². The van der Waals surface area contributed by atoms with Crippen molar-refractivity contribution in [1.82, 2.24) is 14.7 Å². The molecule has 0 bridgehead atoms.